The van der Waals surface area contributed by atoms with Crippen molar-refractivity contribution in [1.82, 2.24) is 0 Å². The Hall–Kier alpha value is -2.96. The molecular weight excluding hydrogens is 362 g/mol. The zero-order valence-corrected chi connectivity index (χ0v) is 15.9. The van der Waals surface area contributed by atoms with Gasteiger partial charge in [0.2, 0.25) is 5.82 Å². The lowest BCUT2D eigenvalue weighted by molar-refractivity contribution is 0.288. The van der Waals surface area contributed by atoms with Crippen LogP contribution in [0, 0.1) is 17.6 Å². The third kappa shape index (κ3) is 6.04. The Balaban J connectivity index is 2.11. The van der Waals surface area contributed by atoms with Gasteiger partial charge in [0.05, 0.1) is 19.0 Å². The van der Waals surface area contributed by atoms with Crippen LogP contribution in [-0.4, -0.2) is 32.5 Å². The first kappa shape index (κ1) is 21.3. The number of halogens is 2. The molecule has 0 amide bonds. The van der Waals surface area contributed by atoms with Gasteiger partial charge >= 0.3 is 0 Å². The average molecular weight is 386 g/mol. The Morgan fingerprint density at radius 2 is 2.07 bits per heavy atom. The fraction of sp³-hybridized carbons (Fsp3) is 0.333. The normalized spacial score (nSPS) is 19.6. The van der Waals surface area contributed by atoms with E-state index in [0.717, 1.165) is 24.8 Å². The van der Waals surface area contributed by atoms with Crippen LogP contribution in [0.2, 0.25) is 0 Å². The summed E-state index contributed by atoms with van der Waals surface area (Å²) in [6.07, 6.45) is 10.2. The third-order valence-corrected chi connectivity index (χ3v) is 4.28. The first-order valence-electron chi connectivity index (χ1n) is 9.07. The topological polar surface area (TPSA) is 58.7 Å². The summed E-state index contributed by atoms with van der Waals surface area (Å²) in [4.78, 5) is 7.35. The number of rotatable bonds is 11. The first-order chi connectivity index (χ1) is 13.6. The number of hydrogen-bond acceptors (Lipinski definition) is 5. The summed E-state index contributed by atoms with van der Waals surface area (Å²) in [5, 5.41) is 7.82. The zero-order valence-electron chi connectivity index (χ0n) is 15.9. The molecule has 2 unspecified atom stereocenters. The first-order valence-corrected chi connectivity index (χ1v) is 9.07. The Morgan fingerprint density at radius 1 is 1.25 bits per heavy atom. The molecular formula is C21H24F2N4O. The van der Waals surface area contributed by atoms with Crippen LogP contribution in [0.1, 0.15) is 37.7 Å². The number of ether oxygens (including phenoxy) is 1. The van der Waals surface area contributed by atoms with Crippen molar-refractivity contribution in [3.63, 3.8) is 0 Å². The minimum atomic E-state index is -0.946. The van der Waals surface area contributed by atoms with E-state index in [2.05, 4.69) is 33.6 Å². The van der Waals surface area contributed by atoms with Gasteiger partial charge in [0, 0.05) is 12.4 Å². The van der Waals surface area contributed by atoms with Crippen LogP contribution in [0.3, 0.4) is 0 Å². The van der Waals surface area contributed by atoms with Crippen LogP contribution in [0.5, 0.6) is 5.75 Å². The minimum Gasteiger partial charge on any atom is -0.490 e. The molecule has 1 aliphatic rings. The SMILES string of the molecule is C=N\C=C/C=N\N=C/C(=C\N=C)C1CC1c1cc(F)c(F)c(OCCCC)c1. The zero-order chi connectivity index (χ0) is 20.4. The molecule has 1 saturated carbocycles. The van der Waals surface area contributed by atoms with Crippen LogP contribution in [0.15, 0.2) is 56.4 Å². The molecule has 148 valence electrons. The second-order valence-electron chi connectivity index (χ2n) is 6.31. The van der Waals surface area contributed by atoms with Crippen molar-refractivity contribution in [2.45, 2.75) is 32.1 Å². The molecule has 0 bridgehead atoms. The van der Waals surface area contributed by atoms with Crippen LogP contribution < -0.4 is 4.74 Å². The highest BCUT2D eigenvalue weighted by molar-refractivity contribution is 5.81. The van der Waals surface area contributed by atoms with Gasteiger partial charge in [0.15, 0.2) is 11.6 Å². The maximum absolute atomic E-state index is 14.0. The van der Waals surface area contributed by atoms with E-state index < -0.39 is 11.6 Å². The van der Waals surface area contributed by atoms with Gasteiger partial charge in [-0.05, 0) is 67.5 Å². The molecule has 7 heteroatoms. The summed E-state index contributed by atoms with van der Waals surface area (Å²) in [7, 11) is 0. The smallest absolute Gasteiger partial charge is 0.200 e. The van der Waals surface area contributed by atoms with Crippen molar-refractivity contribution in [3.8, 4) is 5.75 Å². The second kappa shape index (κ2) is 11.0. The van der Waals surface area contributed by atoms with Crippen LogP contribution in [0.4, 0.5) is 8.78 Å². The van der Waals surface area contributed by atoms with Gasteiger partial charge in [0.25, 0.3) is 0 Å². The molecule has 1 aromatic rings. The molecule has 0 saturated heterocycles. The third-order valence-electron chi connectivity index (χ3n) is 4.28. The summed E-state index contributed by atoms with van der Waals surface area (Å²) in [5.74, 6) is -1.76. The predicted octanol–water partition coefficient (Wildman–Crippen LogP) is 5.10. The van der Waals surface area contributed by atoms with Crippen molar-refractivity contribution in [1.29, 1.82) is 0 Å². The van der Waals surface area contributed by atoms with Crippen LogP contribution in [0.25, 0.3) is 0 Å². The summed E-state index contributed by atoms with van der Waals surface area (Å²) in [5.41, 5.74) is 1.52. The van der Waals surface area contributed by atoms with Gasteiger partial charge in [-0.1, -0.05) is 13.3 Å². The monoisotopic (exact) mass is 386 g/mol. The Bertz CT molecular complexity index is 815. The summed E-state index contributed by atoms with van der Waals surface area (Å²) >= 11 is 0. The van der Waals surface area contributed by atoms with Crippen LogP contribution in [-0.2, 0) is 0 Å². The predicted molar refractivity (Wildman–Crippen MR) is 111 cm³/mol. The lowest BCUT2D eigenvalue weighted by Gasteiger charge is -2.10. The molecule has 1 aliphatic carbocycles. The number of allylic oxidation sites excluding steroid dienone is 2. The van der Waals surface area contributed by atoms with Gasteiger partial charge in [0.1, 0.15) is 0 Å². The summed E-state index contributed by atoms with van der Waals surface area (Å²) in [6, 6.07) is 2.81. The summed E-state index contributed by atoms with van der Waals surface area (Å²) < 4.78 is 33.4. The van der Waals surface area contributed by atoms with E-state index in [4.69, 9.17) is 4.74 Å². The van der Waals surface area contributed by atoms with E-state index in [9.17, 15) is 8.78 Å². The highest BCUT2D eigenvalue weighted by Gasteiger charge is 2.41. The maximum atomic E-state index is 14.0. The van der Waals surface area contributed by atoms with Gasteiger partial charge in [-0.15, -0.1) is 0 Å². The Kier molecular flexibility index (Phi) is 8.39. The molecule has 28 heavy (non-hydrogen) atoms. The molecule has 2 atom stereocenters. The molecule has 0 aromatic heterocycles. The Labute approximate surface area is 164 Å². The molecule has 1 aromatic carbocycles. The standard InChI is InChI=1S/C21H24F2N4O/c1-4-5-9-28-20-11-15(10-19(22)21(20)23)17-12-18(17)16(13-25-3)14-27-26-8-6-7-24-2/h6-8,10-11,13-14,17-18H,2-5,9,12H2,1H3/b7-6-,16-13+,26-8-,27-14-. The number of hydrogen-bond donors (Lipinski definition) is 0. The highest BCUT2D eigenvalue weighted by Crippen LogP contribution is 2.52. The number of benzene rings is 1. The quantitative estimate of drug-likeness (QED) is 0.296. The molecule has 0 N–H and O–H groups in total. The Morgan fingerprint density at radius 3 is 2.79 bits per heavy atom. The number of unbranched alkanes of at least 4 members (excludes halogenated alkanes) is 1. The fourth-order valence-electron chi connectivity index (χ4n) is 2.77. The second-order valence-corrected chi connectivity index (χ2v) is 6.31. The molecule has 0 aliphatic heterocycles. The van der Waals surface area contributed by atoms with Crippen LogP contribution >= 0.6 is 0 Å². The van der Waals surface area contributed by atoms with E-state index in [1.165, 1.54) is 18.5 Å². The van der Waals surface area contributed by atoms with Crippen molar-refractivity contribution in [3.05, 3.63) is 53.4 Å². The maximum Gasteiger partial charge on any atom is 0.200 e. The van der Waals surface area contributed by atoms with Gasteiger partial charge < -0.3 is 4.74 Å². The molecule has 5 nitrogen and oxygen atoms in total. The van der Waals surface area contributed by atoms with Crippen molar-refractivity contribution >= 4 is 25.9 Å². The minimum absolute atomic E-state index is 0.0388. The lowest BCUT2D eigenvalue weighted by atomic mass is 10.0. The van der Waals surface area contributed by atoms with E-state index in [1.54, 1.807) is 24.6 Å². The highest BCUT2D eigenvalue weighted by atomic mass is 19.2. The summed E-state index contributed by atoms with van der Waals surface area (Å²) in [6.45, 7) is 9.15. The molecule has 2 rings (SSSR count). The average Bonchev–Trinajstić information content (AvgIpc) is 3.47. The fourth-order valence-corrected chi connectivity index (χ4v) is 2.77. The van der Waals surface area contributed by atoms with Crippen molar-refractivity contribution < 1.29 is 13.5 Å². The van der Waals surface area contributed by atoms with E-state index in [0.29, 0.717) is 12.2 Å². The molecule has 0 heterocycles. The van der Waals surface area contributed by atoms with Gasteiger partial charge in [-0.25, -0.2) is 4.39 Å². The van der Waals surface area contributed by atoms with Crippen molar-refractivity contribution in [2.24, 2.45) is 26.1 Å². The number of nitrogens with zero attached hydrogens (tertiary/aromatic N) is 4. The number of aliphatic imine (C=N–C) groups is 2. The molecule has 0 spiro atoms. The van der Waals surface area contributed by atoms with E-state index in [-0.39, 0.29) is 17.6 Å². The molecule has 1 fully saturated rings. The van der Waals surface area contributed by atoms with Gasteiger partial charge in [-0.2, -0.15) is 14.6 Å². The van der Waals surface area contributed by atoms with Gasteiger partial charge in [-0.3, -0.25) is 9.98 Å². The van der Waals surface area contributed by atoms with Crippen molar-refractivity contribution in [2.75, 3.05) is 6.61 Å². The van der Waals surface area contributed by atoms with E-state index in [1.807, 2.05) is 6.92 Å². The largest absolute Gasteiger partial charge is 0.490 e. The van der Waals surface area contributed by atoms with E-state index >= 15 is 0 Å². The lowest BCUT2D eigenvalue weighted by Crippen LogP contribution is -2.02. The molecule has 0 radical (unpaired) electrons.